The van der Waals surface area contributed by atoms with Crippen molar-refractivity contribution in [3.8, 4) is 11.5 Å². The minimum atomic E-state index is -0.467. The van der Waals surface area contributed by atoms with Crippen LogP contribution in [0.4, 0.5) is 11.4 Å². The standard InChI is InChI=1S/C25H22N4O3/c1-18(29-16-8-15-26-29)24(30)27-19-9-7-10-20(17-19)28-25(31)22-13-5-6-14-23(22)32-21-11-3-2-4-12-21/h2-18H,1H3,(H,27,30)(H,28,31). The summed E-state index contributed by atoms with van der Waals surface area (Å²) in [6, 6.07) is 24.6. The molecule has 0 spiro atoms. The average Bonchev–Trinajstić information content (AvgIpc) is 3.35. The lowest BCUT2D eigenvalue weighted by Crippen LogP contribution is -2.24. The summed E-state index contributed by atoms with van der Waals surface area (Å²) in [4.78, 5) is 25.4. The zero-order chi connectivity index (χ0) is 22.3. The van der Waals surface area contributed by atoms with Crippen molar-refractivity contribution < 1.29 is 14.3 Å². The number of ether oxygens (including phenoxy) is 1. The molecule has 0 aliphatic rings. The van der Waals surface area contributed by atoms with Crippen LogP contribution in [0.1, 0.15) is 23.3 Å². The van der Waals surface area contributed by atoms with E-state index >= 15 is 0 Å². The van der Waals surface area contributed by atoms with E-state index in [0.29, 0.717) is 28.4 Å². The second-order valence-corrected chi connectivity index (χ2v) is 7.10. The Kier molecular flexibility index (Phi) is 6.27. The molecule has 32 heavy (non-hydrogen) atoms. The molecule has 160 valence electrons. The van der Waals surface area contributed by atoms with E-state index in [1.54, 1.807) is 72.5 Å². The number of anilines is 2. The third-order valence-corrected chi connectivity index (χ3v) is 4.79. The summed E-state index contributed by atoms with van der Waals surface area (Å²) in [5, 5.41) is 9.81. The molecule has 7 nitrogen and oxygen atoms in total. The number of aromatic nitrogens is 2. The summed E-state index contributed by atoms with van der Waals surface area (Å²) >= 11 is 0. The molecule has 0 saturated heterocycles. The van der Waals surface area contributed by atoms with E-state index in [-0.39, 0.29) is 11.8 Å². The minimum Gasteiger partial charge on any atom is -0.457 e. The molecule has 3 aromatic carbocycles. The predicted octanol–water partition coefficient (Wildman–Crippen LogP) is 5.13. The first-order valence-electron chi connectivity index (χ1n) is 10.1. The monoisotopic (exact) mass is 426 g/mol. The zero-order valence-corrected chi connectivity index (χ0v) is 17.4. The quantitative estimate of drug-likeness (QED) is 0.429. The van der Waals surface area contributed by atoms with Gasteiger partial charge in [-0.2, -0.15) is 5.10 Å². The van der Waals surface area contributed by atoms with Crippen LogP contribution in [0.15, 0.2) is 97.3 Å². The predicted molar refractivity (Wildman–Crippen MR) is 123 cm³/mol. The lowest BCUT2D eigenvalue weighted by Gasteiger charge is -2.14. The summed E-state index contributed by atoms with van der Waals surface area (Å²) in [6.45, 7) is 1.76. The molecule has 0 radical (unpaired) electrons. The molecule has 4 rings (SSSR count). The Bertz CT molecular complexity index is 1210. The van der Waals surface area contributed by atoms with Crippen LogP contribution in [0.25, 0.3) is 0 Å². The van der Waals surface area contributed by atoms with Crippen molar-refractivity contribution in [3.63, 3.8) is 0 Å². The molecule has 2 N–H and O–H groups in total. The van der Waals surface area contributed by atoms with Gasteiger partial charge in [-0.1, -0.05) is 36.4 Å². The topological polar surface area (TPSA) is 85.3 Å². The van der Waals surface area contributed by atoms with Crippen molar-refractivity contribution in [2.75, 3.05) is 10.6 Å². The summed E-state index contributed by atoms with van der Waals surface area (Å²) < 4.78 is 7.45. The molecule has 0 aliphatic heterocycles. The number of hydrogen-bond donors (Lipinski definition) is 2. The van der Waals surface area contributed by atoms with Crippen molar-refractivity contribution >= 4 is 23.2 Å². The van der Waals surface area contributed by atoms with Crippen LogP contribution in [-0.2, 0) is 4.79 Å². The van der Waals surface area contributed by atoms with Crippen LogP contribution in [0.5, 0.6) is 11.5 Å². The van der Waals surface area contributed by atoms with E-state index in [2.05, 4.69) is 15.7 Å². The molecule has 1 aromatic heterocycles. The first-order valence-corrected chi connectivity index (χ1v) is 10.1. The highest BCUT2D eigenvalue weighted by Gasteiger charge is 2.16. The number of amides is 2. The number of hydrogen-bond acceptors (Lipinski definition) is 4. The third kappa shape index (κ3) is 5.02. The molecule has 1 unspecified atom stereocenters. The van der Waals surface area contributed by atoms with Gasteiger partial charge in [0.05, 0.1) is 5.56 Å². The van der Waals surface area contributed by atoms with Gasteiger partial charge in [-0.25, -0.2) is 0 Å². The first kappa shape index (κ1) is 20.9. The van der Waals surface area contributed by atoms with Crippen molar-refractivity contribution in [2.24, 2.45) is 0 Å². The summed E-state index contributed by atoms with van der Waals surface area (Å²) in [5.74, 6) is 0.571. The largest absolute Gasteiger partial charge is 0.457 e. The lowest BCUT2D eigenvalue weighted by atomic mass is 10.1. The van der Waals surface area contributed by atoms with Crippen molar-refractivity contribution in [3.05, 3.63) is 103 Å². The van der Waals surface area contributed by atoms with Gasteiger partial charge in [0.15, 0.2) is 0 Å². The fourth-order valence-electron chi connectivity index (χ4n) is 3.11. The highest BCUT2D eigenvalue weighted by molar-refractivity contribution is 6.06. The number of rotatable bonds is 7. The maximum atomic E-state index is 12.9. The summed E-state index contributed by atoms with van der Waals surface area (Å²) in [6.07, 6.45) is 3.36. The SMILES string of the molecule is CC(C(=O)Nc1cccc(NC(=O)c2ccccc2Oc2ccccc2)c1)n1cccn1. The van der Waals surface area contributed by atoms with E-state index < -0.39 is 6.04 Å². The molecule has 0 saturated carbocycles. The Morgan fingerprint density at radius 3 is 2.34 bits per heavy atom. The maximum Gasteiger partial charge on any atom is 0.259 e. The maximum absolute atomic E-state index is 12.9. The molecule has 4 aromatic rings. The minimum absolute atomic E-state index is 0.209. The van der Waals surface area contributed by atoms with Crippen LogP contribution in [-0.4, -0.2) is 21.6 Å². The molecule has 0 aliphatic carbocycles. The lowest BCUT2D eigenvalue weighted by molar-refractivity contribution is -0.119. The van der Waals surface area contributed by atoms with Crippen LogP contribution in [0, 0.1) is 0 Å². The van der Waals surface area contributed by atoms with Gasteiger partial charge in [0.1, 0.15) is 17.5 Å². The second-order valence-electron chi connectivity index (χ2n) is 7.10. The van der Waals surface area contributed by atoms with Gasteiger partial charge in [0, 0.05) is 23.8 Å². The van der Waals surface area contributed by atoms with Crippen molar-refractivity contribution in [1.29, 1.82) is 0 Å². The van der Waals surface area contributed by atoms with Gasteiger partial charge in [-0.15, -0.1) is 0 Å². The van der Waals surface area contributed by atoms with E-state index in [1.807, 2.05) is 36.4 Å². The average molecular weight is 426 g/mol. The number of nitrogens with one attached hydrogen (secondary N) is 2. The van der Waals surface area contributed by atoms with Gasteiger partial charge < -0.3 is 15.4 Å². The molecule has 0 fully saturated rings. The summed E-state index contributed by atoms with van der Waals surface area (Å²) in [7, 11) is 0. The molecule has 2 amide bonds. The molecule has 1 heterocycles. The van der Waals surface area contributed by atoms with Crippen LogP contribution in [0.2, 0.25) is 0 Å². The Morgan fingerprint density at radius 1 is 0.875 bits per heavy atom. The Balaban J connectivity index is 1.46. The first-order chi connectivity index (χ1) is 15.6. The third-order valence-electron chi connectivity index (χ3n) is 4.79. The van der Waals surface area contributed by atoms with E-state index in [9.17, 15) is 9.59 Å². The van der Waals surface area contributed by atoms with Gasteiger partial charge in [0.25, 0.3) is 5.91 Å². The van der Waals surface area contributed by atoms with Crippen molar-refractivity contribution in [2.45, 2.75) is 13.0 Å². The van der Waals surface area contributed by atoms with Crippen molar-refractivity contribution in [1.82, 2.24) is 9.78 Å². The number of para-hydroxylation sites is 2. The highest BCUT2D eigenvalue weighted by atomic mass is 16.5. The van der Waals surface area contributed by atoms with E-state index in [1.165, 1.54) is 0 Å². The fraction of sp³-hybridized carbons (Fsp3) is 0.0800. The van der Waals surface area contributed by atoms with Gasteiger partial charge in [-0.05, 0) is 55.5 Å². The molecule has 1 atom stereocenters. The Morgan fingerprint density at radius 2 is 1.59 bits per heavy atom. The molecule has 7 heteroatoms. The molecule has 0 bridgehead atoms. The zero-order valence-electron chi connectivity index (χ0n) is 17.4. The van der Waals surface area contributed by atoms with E-state index in [0.717, 1.165) is 0 Å². The summed E-state index contributed by atoms with van der Waals surface area (Å²) in [5.41, 5.74) is 1.52. The van der Waals surface area contributed by atoms with Gasteiger partial charge in [0.2, 0.25) is 5.91 Å². The highest BCUT2D eigenvalue weighted by Crippen LogP contribution is 2.26. The number of nitrogens with zero attached hydrogens (tertiary/aromatic N) is 2. The second kappa shape index (κ2) is 9.61. The fourth-order valence-corrected chi connectivity index (χ4v) is 3.11. The molecular formula is C25H22N4O3. The Labute approximate surface area is 185 Å². The number of carbonyl (C=O) groups is 2. The van der Waals surface area contributed by atoms with Crippen LogP contribution < -0.4 is 15.4 Å². The van der Waals surface area contributed by atoms with Crippen LogP contribution >= 0.6 is 0 Å². The molecular weight excluding hydrogens is 404 g/mol. The Hall–Kier alpha value is -4.39. The number of carbonyl (C=O) groups excluding carboxylic acids is 2. The number of benzene rings is 3. The van der Waals surface area contributed by atoms with Crippen LogP contribution in [0.3, 0.4) is 0 Å². The normalized spacial score (nSPS) is 11.4. The van der Waals surface area contributed by atoms with E-state index in [4.69, 9.17) is 4.74 Å². The van der Waals surface area contributed by atoms with Gasteiger partial charge >= 0.3 is 0 Å². The van der Waals surface area contributed by atoms with Gasteiger partial charge in [-0.3, -0.25) is 14.3 Å². The smallest absolute Gasteiger partial charge is 0.259 e.